The SMILES string of the molecule is C=C(Br)CCCN1C(=O)CC2C=CCCC21C=O. The molecule has 2 aliphatic rings. The second-order valence-electron chi connectivity index (χ2n) is 5.05. The van der Waals surface area contributed by atoms with Gasteiger partial charge in [0.05, 0.1) is 0 Å². The maximum Gasteiger partial charge on any atom is 0.224 e. The minimum Gasteiger partial charge on any atom is -0.330 e. The molecule has 1 saturated heterocycles. The lowest BCUT2D eigenvalue weighted by Crippen LogP contribution is -2.51. The van der Waals surface area contributed by atoms with Gasteiger partial charge >= 0.3 is 0 Å². The van der Waals surface area contributed by atoms with E-state index in [4.69, 9.17) is 0 Å². The highest BCUT2D eigenvalue weighted by Gasteiger charge is 2.51. The van der Waals surface area contributed by atoms with Gasteiger partial charge in [-0.2, -0.15) is 0 Å². The van der Waals surface area contributed by atoms with E-state index in [0.717, 1.165) is 36.5 Å². The van der Waals surface area contributed by atoms with Crippen LogP contribution in [0.25, 0.3) is 0 Å². The van der Waals surface area contributed by atoms with Crippen LogP contribution in [0.15, 0.2) is 23.2 Å². The number of hydrogen-bond donors (Lipinski definition) is 0. The highest BCUT2D eigenvalue weighted by Crippen LogP contribution is 2.41. The summed E-state index contributed by atoms with van der Waals surface area (Å²) in [4.78, 5) is 25.4. The van der Waals surface area contributed by atoms with E-state index in [1.165, 1.54) is 0 Å². The van der Waals surface area contributed by atoms with Gasteiger partial charge in [0.25, 0.3) is 0 Å². The third kappa shape index (κ3) is 2.30. The molecule has 0 saturated carbocycles. The number of carbonyl (C=O) groups is 2. The molecule has 2 unspecified atom stereocenters. The van der Waals surface area contributed by atoms with Gasteiger partial charge in [0, 0.05) is 18.9 Å². The summed E-state index contributed by atoms with van der Waals surface area (Å²) in [5.41, 5.74) is -0.570. The van der Waals surface area contributed by atoms with Gasteiger partial charge in [0.1, 0.15) is 11.8 Å². The molecule has 0 spiro atoms. The topological polar surface area (TPSA) is 37.4 Å². The second kappa shape index (κ2) is 5.39. The Morgan fingerprint density at radius 3 is 3.11 bits per heavy atom. The van der Waals surface area contributed by atoms with Crippen LogP contribution in [0.1, 0.15) is 32.1 Å². The standard InChI is InChI=1S/C14H18BrNO2/c1-11(15)5-4-8-16-13(18)9-12-6-2-3-7-14(12,16)10-17/h2,6,10,12H,1,3-5,7-9H2. The van der Waals surface area contributed by atoms with Crippen LogP contribution in [0, 0.1) is 5.92 Å². The molecule has 0 aromatic rings. The van der Waals surface area contributed by atoms with E-state index in [1.54, 1.807) is 4.90 Å². The van der Waals surface area contributed by atoms with Crippen LogP contribution in [0.4, 0.5) is 0 Å². The first-order chi connectivity index (χ1) is 8.60. The quantitative estimate of drug-likeness (QED) is 0.578. The summed E-state index contributed by atoms with van der Waals surface area (Å²) in [6, 6.07) is 0. The van der Waals surface area contributed by atoms with Crippen molar-refractivity contribution >= 4 is 28.1 Å². The summed E-state index contributed by atoms with van der Waals surface area (Å²) in [5.74, 6) is 0.183. The Bertz CT molecular complexity index is 405. The molecule has 0 aromatic heterocycles. The van der Waals surface area contributed by atoms with Gasteiger partial charge in [-0.1, -0.05) is 34.7 Å². The highest BCUT2D eigenvalue weighted by molar-refractivity contribution is 9.11. The van der Waals surface area contributed by atoms with Gasteiger partial charge in [0.15, 0.2) is 0 Å². The first kappa shape index (κ1) is 13.5. The number of allylic oxidation sites excluding steroid dienone is 2. The number of rotatable bonds is 5. The molecule has 0 radical (unpaired) electrons. The van der Waals surface area contributed by atoms with Crippen molar-refractivity contribution in [2.24, 2.45) is 5.92 Å². The van der Waals surface area contributed by atoms with Crippen LogP contribution in [-0.4, -0.2) is 29.2 Å². The second-order valence-corrected chi connectivity index (χ2v) is 6.17. The molecule has 0 N–H and O–H groups in total. The Labute approximate surface area is 116 Å². The first-order valence-corrected chi connectivity index (χ1v) is 7.16. The lowest BCUT2D eigenvalue weighted by molar-refractivity contribution is -0.136. The number of fused-ring (bicyclic) bond motifs is 1. The maximum absolute atomic E-state index is 12.1. The van der Waals surface area contributed by atoms with Crippen LogP contribution in [-0.2, 0) is 9.59 Å². The van der Waals surface area contributed by atoms with Crippen molar-refractivity contribution in [1.82, 2.24) is 4.90 Å². The smallest absolute Gasteiger partial charge is 0.224 e. The molecule has 3 nitrogen and oxygen atoms in total. The molecular weight excluding hydrogens is 294 g/mol. The Morgan fingerprint density at radius 2 is 2.44 bits per heavy atom. The highest BCUT2D eigenvalue weighted by atomic mass is 79.9. The van der Waals surface area contributed by atoms with Gasteiger partial charge in [-0.05, 0) is 30.2 Å². The Hall–Kier alpha value is -0.900. The predicted molar refractivity (Wildman–Crippen MR) is 74.3 cm³/mol. The number of amides is 1. The zero-order valence-corrected chi connectivity index (χ0v) is 12.0. The molecule has 0 bridgehead atoms. The summed E-state index contributed by atoms with van der Waals surface area (Å²) in [6.45, 7) is 4.44. The minimum absolute atomic E-state index is 0.0726. The van der Waals surface area contributed by atoms with E-state index in [9.17, 15) is 9.59 Å². The summed E-state index contributed by atoms with van der Waals surface area (Å²) < 4.78 is 0.939. The number of hydrogen-bond acceptors (Lipinski definition) is 2. The third-order valence-corrected chi connectivity index (χ3v) is 4.35. The fraction of sp³-hybridized carbons (Fsp3) is 0.571. The van der Waals surface area contributed by atoms with E-state index >= 15 is 0 Å². The van der Waals surface area contributed by atoms with Crippen LogP contribution in [0.5, 0.6) is 0 Å². The van der Waals surface area contributed by atoms with Gasteiger partial charge < -0.3 is 9.69 Å². The predicted octanol–water partition coefficient (Wildman–Crippen LogP) is 2.81. The van der Waals surface area contributed by atoms with E-state index < -0.39 is 5.54 Å². The third-order valence-electron chi connectivity index (χ3n) is 3.95. The Balaban J connectivity index is 2.12. The average Bonchev–Trinajstić information content (AvgIpc) is 2.62. The average molecular weight is 312 g/mol. The zero-order valence-electron chi connectivity index (χ0n) is 10.4. The van der Waals surface area contributed by atoms with Gasteiger partial charge in [0.2, 0.25) is 5.91 Å². The molecule has 2 rings (SSSR count). The molecule has 1 fully saturated rings. The molecule has 1 aliphatic heterocycles. The van der Waals surface area contributed by atoms with Crippen molar-refractivity contribution in [1.29, 1.82) is 0 Å². The van der Waals surface area contributed by atoms with Gasteiger partial charge in [-0.25, -0.2) is 0 Å². The molecule has 98 valence electrons. The van der Waals surface area contributed by atoms with Crippen molar-refractivity contribution in [3.8, 4) is 0 Å². The van der Waals surface area contributed by atoms with Gasteiger partial charge in [-0.15, -0.1) is 0 Å². The van der Waals surface area contributed by atoms with Gasteiger partial charge in [-0.3, -0.25) is 4.79 Å². The number of halogens is 1. The summed E-state index contributed by atoms with van der Waals surface area (Å²) in [7, 11) is 0. The van der Waals surface area contributed by atoms with E-state index in [-0.39, 0.29) is 11.8 Å². The van der Waals surface area contributed by atoms with E-state index in [2.05, 4.69) is 28.6 Å². The summed E-state index contributed by atoms with van der Waals surface area (Å²) in [5, 5.41) is 0. The number of carbonyl (C=O) groups excluding carboxylic acids is 2. The lowest BCUT2D eigenvalue weighted by atomic mass is 9.78. The van der Waals surface area contributed by atoms with Crippen LogP contribution < -0.4 is 0 Å². The van der Waals surface area contributed by atoms with Crippen molar-refractivity contribution in [3.05, 3.63) is 23.2 Å². The molecular formula is C14H18BrNO2. The van der Waals surface area contributed by atoms with E-state index in [0.29, 0.717) is 13.0 Å². The van der Waals surface area contributed by atoms with Crippen molar-refractivity contribution in [3.63, 3.8) is 0 Å². The van der Waals surface area contributed by atoms with Crippen LogP contribution in [0.3, 0.4) is 0 Å². The zero-order chi connectivity index (χ0) is 13.2. The number of nitrogens with zero attached hydrogens (tertiary/aromatic N) is 1. The van der Waals surface area contributed by atoms with Crippen molar-refractivity contribution in [2.45, 2.75) is 37.6 Å². The molecule has 1 heterocycles. The monoisotopic (exact) mass is 311 g/mol. The molecule has 4 heteroatoms. The van der Waals surface area contributed by atoms with Crippen molar-refractivity contribution < 1.29 is 9.59 Å². The fourth-order valence-electron chi connectivity index (χ4n) is 3.01. The maximum atomic E-state index is 12.1. The lowest BCUT2D eigenvalue weighted by Gasteiger charge is -2.38. The number of likely N-dealkylation sites (tertiary alicyclic amines) is 1. The largest absolute Gasteiger partial charge is 0.330 e. The molecule has 1 amide bonds. The Kier molecular flexibility index (Phi) is 4.05. The summed E-state index contributed by atoms with van der Waals surface area (Å²) in [6.07, 6.45) is 8.92. The first-order valence-electron chi connectivity index (χ1n) is 6.37. The normalized spacial score (nSPS) is 30.4. The molecule has 0 aromatic carbocycles. The number of aldehydes is 1. The van der Waals surface area contributed by atoms with Crippen molar-refractivity contribution in [2.75, 3.05) is 6.54 Å². The molecule has 1 aliphatic carbocycles. The van der Waals surface area contributed by atoms with Crippen LogP contribution >= 0.6 is 15.9 Å². The minimum atomic E-state index is -0.570. The Morgan fingerprint density at radius 1 is 1.67 bits per heavy atom. The molecule has 2 atom stereocenters. The molecule has 18 heavy (non-hydrogen) atoms. The van der Waals surface area contributed by atoms with Crippen LogP contribution in [0.2, 0.25) is 0 Å². The van der Waals surface area contributed by atoms with E-state index in [1.807, 2.05) is 6.08 Å². The summed E-state index contributed by atoms with van der Waals surface area (Å²) >= 11 is 3.32. The fourth-order valence-corrected chi connectivity index (χ4v) is 3.29.